The fourth-order valence-electron chi connectivity index (χ4n) is 20.0. The van der Waals surface area contributed by atoms with Gasteiger partial charge >= 0.3 is 0 Å². The maximum absolute atomic E-state index is 10.1. The molecule has 0 bridgehead atoms. The molecule has 2 saturated carbocycles. The summed E-state index contributed by atoms with van der Waals surface area (Å²) in [6.07, 6.45) is 31.7. The first-order chi connectivity index (χ1) is 66.0. The van der Waals surface area contributed by atoms with Gasteiger partial charge in [-0.3, -0.25) is 40.4 Å². The number of piperidine rings is 2. The van der Waals surface area contributed by atoms with Gasteiger partial charge in [0.2, 0.25) is 0 Å². The molecule has 3 aliphatic heterocycles. The van der Waals surface area contributed by atoms with Crippen LogP contribution in [-0.2, 0) is 0 Å². The molecular formula is C107H122Cl5N23O. The van der Waals surface area contributed by atoms with Crippen LogP contribution in [0.3, 0.4) is 0 Å². The van der Waals surface area contributed by atoms with Crippen molar-refractivity contribution in [2.24, 2.45) is 5.92 Å². The number of pyridine rings is 3. The summed E-state index contributed by atoms with van der Waals surface area (Å²) in [4.78, 5) is 39.0. The zero-order chi connectivity index (χ0) is 94.8. The van der Waals surface area contributed by atoms with E-state index in [1.165, 1.54) is 91.7 Å². The predicted octanol–water partition coefficient (Wildman–Crippen LogP) is 23.6. The average molecular weight is 1920 g/mol. The Labute approximate surface area is 822 Å². The predicted molar refractivity (Wildman–Crippen MR) is 552 cm³/mol. The minimum absolute atomic E-state index is 0.367. The maximum Gasteiger partial charge on any atom is 0.159 e. The van der Waals surface area contributed by atoms with Gasteiger partial charge in [0.05, 0.1) is 28.2 Å². The number of nitrogens with zero attached hydrogens (tertiary/aromatic N) is 16. The number of β-amino-alcohol motifs (C(OH)–C–C–N with tert-alkyl or cyclic N) is 1. The van der Waals surface area contributed by atoms with Crippen LogP contribution in [-0.4, -0.2) is 209 Å². The first-order valence-corrected chi connectivity index (χ1v) is 49.4. The molecule has 24 nitrogen and oxygen atoms in total. The molecule has 5 aliphatic rings. The fourth-order valence-corrected chi connectivity index (χ4v) is 20.6. The fraction of sp³-hybridized carbons (Fsp3) is 0.364. The van der Waals surface area contributed by atoms with E-state index in [0.29, 0.717) is 59.4 Å². The van der Waals surface area contributed by atoms with E-state index < -0.39 is 5.60 Å². The number of aromatic amines is 5. The van der Waals surface area contributed by atoms with Gasteiger partial charge in [0.15, 0.2) is 5.82 Å². The Morgan fingerprint density at radius 2 is 0.735 bits per heavy atom. The molecule has 5 fully saturated rings. The SMILES string of the molecule is CC(C)(O)CN1CCC(c2[nH]nc(-c3ccc(Cl)cc3)c2-c2ccncn2)CC1.CC(C)NC1CCC(c2[nH]nc(-c3ccc(Cl)cc3)c2-c2ccncc2)CC1.CC1CN(c2n[nH]c(-c3ccc(Cl)cc3)c2-c2ccncc2)CC(C)N1.CN(C)CC1CCC(c2[nH]nc(-c3ccc(Cl)cc3)c2-c2ccncc2)CC1.CN1CCC(c2[nH]nc(-c3ccc(Cl)cc3)c2-c2ccncn2)CC1. The van der Waals surface area contributed by atoms with Crippen LogP contribution in [0.2, 0.25) is 25.1 Å². The van der Waals surface area contributed by atoms with Gasteiger partial charge in [-0.2, -0.15) is 25.5 Å². The molecule has 0 spiro atoms. The number of H-pyrrole nitrogens is 5. The van der Waals surface area contributed by atoms with Gasteiger partial charge in [-0.05, 0) is 284 Å². The maximum atomic E-state index is 10.1. The van der Waals surface area contributed by atoms with Crippen molar-refractivity contribution in [1.29, 1.82) is 0 Å². The van der Waals surface area contributed by atoms with Crippen molar-refractivity contribution in [3.8, 4) is 112 Å². The van der Waals surface area contributed by atoms with Crippen LogP contribution in [0.15, 0.2) is 232 Å². The highest BCUT2D eigenvalue weighted by Crippen LogP contribution is 2.48. The molecule has 29 heteroatoms. The summed E-state index contributed by atoms with van der Waals surface area (Å²) in [5.41, 5.74) is 25.0. The number of anilines is 1. The van der Waals surface area contributed by atoms with Crippen LogP contribution >= 0.6 is 58.0 Å². The van der Waals surface area contributed by atoms with Crippen LogP contribution in [0.5, 0.6) is 0 Å². The second kappa shape index (κ2) is 46.3. The largest absolute Gasteiger partial charge is 0.389 e. The minimum Gasteiger partial charge on any atom is -0.389 e. The number of piperazine rings is 1. The second-order valence-corrected chi connectivity index (χ2v) is 40.0. The van der Waals surface area contributed by atoms with Crippen LogP contribution in [0.25, 0.3) is 112 Å². The Hall–Kier alpha value is -11.2. The Bertz CT molecular complexity index is 6040. The highest BCUT2D eigenvalue weighted by molar-refractivity contribution is 6.32. The summed E-state index contributed by atoms with van der Waals surface area (Å²) in [6, 6.07) is 57.4. The quantitative estimate of drug-likeness (QED) is 0.0332. The van der Waals surface area contributed by atoms with E-state index in [9.17, 15) is 5.11 Å². The number of likely N-dealkylation sites (tertiary alicyclic amines) is 2. The summed E-state index contributed by atoms with van der Waals surface area (Å²) in [5, 5.41) is 61.1. The van der Waals surface area contributed by atoms with Gasteiger partial charge in [-0.25, -0.2) is 19.9 Å². The molecule has 5 aromatic carbocycles. The number of hydrogen-bond acceptors (Lipinski definition) is 19. The van der Waals surface area contributed by atoms with Crippen molar-refractivity contribution in [2.45, 2.75) is 172 Å². The topological polar surface area (TPSA) is 291 Å². The molecular weight excluding hydrogens is 1800 g/mol. The molecule has 20 rings (SSSR count). The minimum atomic E-state index is -0.672. The number of benzene rings is 5. The Kier molecular flexibility index (Phi) is 33.3. The van der Waals surface area contributed by atoms with E-state index in [1.807, 2.05) is 197 Å². The number of rotatable bonds is 21. The Balaban J connectivity index is 0.000000123. The number of aromatic nitrogens is 17. The first-order valence-electron chi connectivity index (χ1n) is 47.5. The highest BCUT2D eigenvalue weighted by Gasteiger charge is 2.35. The number of halogens is 5. The summed E-state index contributed by atoms with van der Waals surface area (Å²) in [7, 11) is 6.51. The molecule has 2 atom stereocenters. The molecule has 136 heavy (non-hydrogen) atoms. The third-order valence-corrected chi connectivity index (χ3v) is 27.5. The zero-order valence-corrected chi connectivity index (χ0v) is 82.5. The van der Waals surface area contributed by atoms with Crippen molar-refractivity contribution in [3.63, 3.8) is 0 Å². The van der Waals surface area contributed by atoms with Gasteiger partial charge in [-0.15, -0.1) is 0 Å². The number of hydrogen-bond donors (Lipinski definition) is 8. The molecule has 2 aliphatic carbocycles. The van der Waals surface area contributed by atoms with E-state index >= 15 is 0 Å². The van der Waals surface area contributed by atoms with Crippen molar-refractivity contribution >= 4 is 63.8 Å². The van der Waals surface area contributed by atoms with Crippen LogP contribution in [0.4, 0.5) is 5.82 Å². The van der Waals surface area contributed by atoms with Crippen LogP contribution < -0.4 is 15.5 Å². The summed E-state index contributed by atoms with van der Waals surface area (Å²) in [6.45, 7) is 20.4. The first kappa shape index (κ1) is 97.8. The van der Waals surface area contributed by atoms with E-state index in [-0.39, 0.29) is 0 Å². The van der Waals surface area contributed by atoms with E-state index in [2.05, 4.69) is 174 Å². The molecule has 0 amide bonds. The monoisotopic (exact) mass is 1920 g/mol. The molecule has 706 valence electrons. The van der Waals surface area contributed by atoms with Gasteiger partial charge in [0, 0.05) is 222 Å². The standard InChI is InChI=1S/2C23H27ClN4.C22H26ClN5O.C20H22ClN5.C19H20ClN5/c1-15(2)26-20-9-5-18(6-10-20)23-21(16-11-13-25-14-12-16)22(27-28-23)17-3-7-19(24)8-4-17;1-28(2)15-16-3-5-18(6-4-16)22-21(17-11-13-25-14-12-17)23(27-26-22)19-7-9-20(24)10-8-19;1-22(2,29)13-28-11-8-16(9-12-28)21-19(18-7-10-24-14-25-18)20(26-27-21)15-3-5-17(23)6-4-15;1-13-11-26(12-14(2)23-13)20-18(15-7-9-22-10-8-15)19(24-25-20)16-3-5-17(21)6-4-16;1-25-10-7-14(8-11-25)19-17(16-6-9-21-12-22-16)18(23-24-19)13-2-4-15(20)5-3-13/h3-4,7-8,11-15,18,20,26H,5-6,9-10H2,1-2H3,(H,27,28);7-14,16,18H,3-6,15H2,1-2H3,(H,26,27);3-7,10,14,16,29H,8-9,11-13H2,1-2H3,(H,26,27);3-10,13-14,23H,11-12H2,1-2H3,(H,24,25);2-6,9,12,14H,7-8,10-11H2,1H3,(H,23,24). The van der Waals surface area contributed by atoms with Crippen molar-refractivity contribution < 1.29 is 5.11 Å². The van der Waals surface area contributed by atoms with Gasteiger partial charge in [0.25, 0.3) is 0 Å². The third kappa shape index (κ3) is 25.2. The van der Waals surface area contributed by atoms with Crippen molar-refractivity contribution in [1.82, 2.24) is 111 Å². The van der Waals surface area contributed by atoms with Gasteiger partial charge in [-0.1, -0.05) is 133 Å². The summed E-state index contributed by atoms with van der Waals surface area (Å²) < 4.78 is 0. The van der Waals surface area contributed by atoms with Crippen molar-refractivity contribution in [2.75, 3.05) is 78.4 Å². The molecule has 3 saturated heterocycles. The second-order valence-electron chi connectivity index (χ2n) is 37.8. The zero-order valence-electron chi connectivity index (χ0n) is 78.8. The molecule has 13 heterocycles. The molecule has 0 radical (unpaired) electrons. The summed E-state index contributed by atoms with van der Waals surface area (Å²) >= 11 is 30.4. The number of aliphatic hydroxyl groups is 1. The lowest BCUT2D eigenvalue weighted by Gasteiger charge is -2.36. The summed E-state index contributed by atoms with van der Waals surface area (Å²) in [5.74, 6) is 3.65. The van der Waals surface area contributed by atoms with Crippen LogP contribution in [0, 0.1) is 5.92 Å². The Morgan fingerprint density at radius 3 is 1.10 bits per heavy atom. The highest BCUT2D eigenvalue weighted by atomic mass is 35.5. The Morgan fingerprint density at radius 1 is 0.397 bits per heavy atom. The van der Waals surface area contributed by atoms with E-state index in [4.69, 9.17) is 73.3 Å². The molecule has 15 aromatic rings. The lowest BCUT2D eigenvalue weighted by Crippen LogP contribution is -2.54. The molecule has 10 aromatic heterocycles. The molecule has 8 N–H and O–H groups in total. The van der Waals surface area contributed by atoms with E-state index in [1.54, 1.807) is 25.0 Å². The smallest absolute Gasteiger partial charge is 0.159 e. The number of nitrogens with one attached hydrogen (secondary N) is 7. The van der Waals surface area contributed by atoms with Gasteiger partial charge < -0.3 is 35.3 Å². The van der Waals surface area contributed by atoms with Crippen molar-refractivity contribution in [3.05, 3.63) is 280 Å². The average Bonchev–Trinajstić information content (AvgIpc) is 1.64. The van der Waals surface area contributed by atoms with Crippen LogP contribution in [0.1, 0.15) is 165 Å². The lowest BCUT2D eigenvalue weighted by atomic mass is 9.78. The normalized spacial score (nSPS) is 18.5. The van der Waals surface area contributed by atoms with Gasteiger partial charge in [0.1, 0.15) is 35.4 Å². The molecule has 2 unspecified atom stereocenters. The lowest BCUT2D eigenvalue weighted by molar-refractivity contribution is 0.0280. The van der Waals surface area contributed by atoms with E-state index in [0.717, 1.165) is 198 Å². The third-order valence-electron chi connectivity index (χ3n) is 26.3.